The van der Waals surface area contributed by atoms with Crippen molar-refractivity contribution in [3.63, 3.8) is 0 Å². The molecule has 0 aromatic carbocycles. The third kappa shape index (κ3) is 5.60. The molecule has 1 heterocycles. The van der Waals surface area contributed by atoms with Crippen LogP contribution in [0.2, 0.25) is 0 Å². The molecule has 0 aliphatic carbocycles. The number of sulfonamides is 1. The van der Waals surface area contributed by atoms with Gasteiger partial charge in [-0.2, -0.15) is 0 Å². The summed E-state index contributed by atoms with van der Waals surface area (Å²) in [5.74, 6) is 0.477. The van der Waals surface area contributed by atoms with E-state index in [0.717, 1.165) is 24.2 Å². The second-order valence-electron chi connectivity index (χ2n) is 5.16. The molecular weight excluding hydrogens is 296 g/mol. The lowest BCUT2D eigenvalue weighted by Gasteiger charge is -2.17. The number of carbonyl (C=O) groups is 1. The van der Waals surface area contributed by atoms with Crippen molar-refractivity contribution in [1.82, 2.24) is 5.32 Å². The molecule has 0 aliphatic rings. The van der Waals surface area contributed by atoms with Gasteiger partial charge in [0.05, 0.1) is 6.42 Å². The number of nitrogens with one attached hydrogen (secondary N) is 1. The van der Waals surface area contributed by atoms with Gasteiger partial charge in [0.2, 0.25) is 15.9 Å². The van der Waals surface area contributed by atoms with Crippen LogP contribution in [0.1, 0.15) is 38.5 Å². The SMILES string of the molecule is CCC(C)CC(C)NC(=O)Cc1ccc(S(N)(=O)=O)s1. The molecule has 0 saturated carbocycles. The number of rotatable bonds is 7. The molecule has 0 bridgehead atoms. The van der Waals surface area contributed by atoms with Gasteiger partial charge in [0.15, 0.2) is 0 Å². The molecule has 0 saturated heterocycles. The van der Waals surface area contributed by atoms with Crippen molar-refractivity contribution in [2.75, 3.05) is 0 Å². The Kier molecular flexibility index (Phi) is 6.16. The molecule has 1 rings (SSSR count). The van der Waals surface area contributed by atoms with Gasteiger partial charge in [-0.3, -0.25) is 4.79 Å². The quantitative estimate of drug-likeness (QED) is 0.804. The first-order valence-electron chi connectivity index (χ1n) is 6.63. The van der Waals surface area contributed by atoms with Crippen LogP contribution in [0.5, 0.6) is 0 Å². The third-order valence-corrected chi connectivity index (χ3v) is 5.64. The molecule has 5 nitrogen and oxygen atoms in total. The maximum absolute atomic E-state index is 11.9. The van der Waals surface area contributed by atoms with Crippen molar-refractivity contribution in [1.29, 1.82) is 0 Å². The minimum absolute atomic E-state index is 0.0907. The van der Waals surface area contributed by atoms with Crippen LogP contribution in [-0.4, -0.2) is 20.4 Å². The fourth-order valence-electron chi connectivity index (χ4n) is 1.92. The largest absolute Gasteiger partial charge is 0.353 e. The number of hydrogen-bond acceptors (Lipinski definition) is 4. The van der Waals surface area contributed by atoms with E-state index in [-0.39, 0.29) is 22.6 Å². The standard InChI is InChI=1S/C13H22N2O3S2/c1-4-9(2)7-10(3)15-12(16)8-11-5-6-13(19-11)20(14,17)18/h5-6,9-10H,4,7-8H2,1-3H3,(H,15,16)(H2,14,17,18). The Labute approximate surface area is 124 Å². The Balaban J connectivity index is 2.52. The zero-order chi connectivity index (χ0) is 15.3. The van der Waals surface area contributed by atoms with E-state index in [4.69, 9.17) is 5.14 Å². The van der Waals surface area contributed by atoms with Crippen LogP contribution in [0.3, 0.4) is 0 Å². The van der Waals surface area contributed by atoms with Gasteiger partial charge in [0.25, 0.3) is 0 Å². The molecule has 2 atom stereocenters. The van der Waals surface area contributed by atoms with E-state index in [0.29, 0.717) is 10.8 Å². The molecule has 20 heavy (non-hydrogen) atoms. The molecular formula is C13H22N2O3S2. The van der Waals surface area contributed by atoms with Crippen LogP contribution < -0.4 is 10.5 Å². The molecule has 2 unspecified atom stereocenters. The van der Waals surface area contributed by atoms with Crippen molar-refractivity contribution in [2.24, 2.45) is 11.1 Å². The molecule has 1 aromatic rings. The Morgan fingerprint density at radius 1 is 1.40 bits per heavy atom. The number of hydrogen-bond donors (Lipinski definition) is 2. The van der Waals surface area contributed by atoms with Crippen LogP contribution in [0.15, 0.2) is 16.3 Å². The monoisotopic (exact) mass is 318 g/mol. The van der Waals surface area contributed by atoms with Gasteiger partial charge in [-0.1, -0.05) is 20.3 Å². The molecule has 0 fully saturated rings. The Morgan fingerprint density at radius 3 is 2.55 bits per heavy atom. The first-order chi connectivity index (χ1) is 9.22. The van der Waals surface area contributed by atoms with Crippen molar-refractivity contribution in [3.05, 3.63) is 17.0 Å². The first kappa shape index (κ1) is 17.1. The van der Waals surface area contributed by atoms with Crippen LogP contribution in [0.4, 0.5) is 0 Å². The zero-order valence-electron chi connectivity index (χ0n) is 12.0. The van der Waals surface area contributed by atoms with Gasteiger partial charge in [-0.05, 0) is 31.4 Å². The van der Waals surface area contributed by atoms with E-state index in [9.17, 15) is 13.2 Å². The minimum Gasteiger partial charge on any atom is -0.353 e. The summed E-state index contributed by atoms with van der Waals surface area (Å²) in [6.45, 7) is 6.26. The number of thiophene rings is 1. The summed E-state index contributed by atoms with van der Waals surface area (Å²) in [4.78, 5) is 12.6. The lowest BCUT2D eigenvalue weighted by molar-refractivity contribution is -0.121. The highest BCUT2D eigenvalue weighted by Crippen LogP contribution is 2.20. The Hall–Kier alpha value is -0.920. The second-order valence-corrected chi connectivity index (χ2v) is 8.12. The van der Waals surface area contributed by atoms with Crippen molar-refractivity contribution >= 4 is 27.3 Å². The molecule has 7 heteroatoms. The highest BCUT2D eigenvalue weighted by molar-refractivity contribution is 7.91. The normalized spacial score (nSPS) is 14.8. The maximum Gasteiger partial charge on any atom is 0.247 e. The summed E-state index contributed by atoms with van der Waals surface area (Å²) < 4.78 is 22.4. The predicted octanol–water partition coefficient (Wildman–Crippen LogP) is 1.88. The topological polar surface area (TPSA) is 89.3 Å². The molecule has 0 spiro atoms. The van der Waals surface area contributed by atoms with Crippen LogP contribution in [0.25, 0.3) is 0 Å². The Morgan fingerprint density at radius 2 is 2.05 bits per heavy atom. The van der Waals surface area contributed by atoms with Crippen LogP contribution in [0, 0.1) is 5.92 Å². The van der Waals surface area contributed by atoms with Gasteiger partial charge in [0, 0.05) is 10.9 Å². The first-order valence-corrected chi connectivity index (χ1v) is 8.99. The molecule has 3 N–H and O–H groups in total. The third-order valence-electron chi connectivity index (χ3n) is 3.11. The lowest BCUT2D eigenvalue weighted by Crippen LogP contribution is -2.34. The van der Waals surface area contributed by atoms with E-state index in [2.05, 4.69) is 19.2 Å². The zero-order valence-corrected chi connectivity index (χ0v) is 13.7. The molecule has 0 radical (unpaired) electrons. The smallest absolute Gasteiger partial charge is 0.247 e. The summed E-state index contributed by atoms with van der Waals surface area (Å²) in [5, 5.41) is 7.96. The van der Waals surface area contributed by atoms with E-state index < -0.39 is 10.0 Å². The fourth-order valence-corrected chi connectivity index (χ4v) is 3.70. The second kappa shape index (κ2) is 7.19. The Bertz CT molecular complexity index is 552. The average Bonchev–Trinajstić information content (AvgIpc) is 2.76. The van der Waals surface area contributed by atoms with Gasteiger partial charge in [-0.25, -0.2) is 13.6 Å². The van der Waals surface area contributed by atoms with E-state index in [1.54, 1.807) is 6.07 Å². The summed E-state index contributed by atoms with van der Waals surface area (Å²) in [5.41, 5.74) is 0. The van der Waals surface area contributed by atoms with Crippen molar-refractivity contribution in [3.8, 4) is 0 Å². The maximum atomic E-state index is 11.9. The minimum atomic E-state index is -3.67. The number of nitrogens with two attached hydrogens (primary N) is 1. The van der Waals surface area contributed by atoms with E-state index in [1.807, 2.05) is 6.92 Å². The summed E-state index contributed by atoms with van der Waals surface area (Å²) in [6.07, 6.45) is 2.21. The average molecular weight is 318 g/mol. The number of primary sulfonamides is 1. The lowest BCUT2D eigenvalue weighted by atomic mass is 10.0. The van der Waals surface area contributed by atoms with Crippen molar-refractivity contribution < 1.29 is 13.2 Å². The predicted molar refractivity (Wildman–Crippen MR) is 81.1 cm³/mol. The van der Waals surface area contributed by atoms with Crippen molar-refractivity contribution in [2.45, 2.75) is 50.3 Å². The summed E-state index contributed by atoms with van der Waals surface area (Å²) in [7, 11) is -3.67. The highest BCUT2D eigenvalue weighted by Gasteiger charge is 2.15. The number of carbonyl (C=O) groups excluding carboxylic acids is 1. The summed E-state index contributed by atoms with van der Waals surface area (Å²) in [6, 6.07) is 3.18. The fraction of sp³-hybridized carbons (Fsp3) is 0.615. The molecule has 0 aliphatic heterocycles. The molecule has 1 aromatic heterocycles. The van der Waals surface area contributed by atoms with E-state index >= 15 is 0 Å². The van der Waals surface area contributed by atoms with Crippen LogP contribution in [-0.2, 0) is 21.2 Å². The highest BCUT2D eigenvalue weighted by atomic mass is 32.2. The van der Waals surface area contributed by atoms with Gasteiger partial charge < -0.3 is 5.32 Å². The van der Waals surface area contributed by atoms with E-state index in [1.165, 1.54) is 6.07 Å². The van der Waals surface area contributed by atoms with Gasteiger partial charge in [0.1, 0.15) is 4.21 Å². The van der Waals surface area contributed by atoms with Gasteiger partial charge >= 0.3 is 0 Å². The number of amides is 1. The van der Waals surface area contributed by atoms with Crippen LogP contribution >= 0.6 is 11.3 Å². The molecule has 114 valence electrons. The summed E-state index contributed by atoms with van der Waals surface area (Å²) >= 11 is 1.04. The van der Waals surface area contributed by atoms with Gasteiger partial charge in [-0.15, -0.1) is 11.3 Å². The molecule has 1 amide bonds.